The Bertz CT molecular complexity index is 922. The lowest BCUT2D eigenvalue weighted by Gasteiger charge is -2.34. The summed E-state index contributed by atoms with van der Waals surface area (Å²) in [6.45, 7) is 7.11. The molecular formula is C25H43N7O7. The molecule has 2 rings (SSSR count). The van der Waals surface area contributed by atoms with Gasteiger partial charge in [0.2, 0.25) is 17.7 Å². The van der Waals surface area contributed by atoms with Crippen LogP contribution in [0.25, 0.3) is 0 Å². The number of aliphatic hydroxyl groups is 1. The highest BCUT2D eigenvalue weighted by Crippen LogP contribution is 2.20. The van der Waals surface area contributed by atoms with Crippen molar-refractivity contribution in [3.05, 3.63) is 0 Å². The Morgan fingerprint density at radius 1 is 1.05 bits per heavy atom. The van der Waals surface area contributed by atoms with Crippen LogP contribution < -0.4 is 21.8 Å². The number of rotatable bonds is 10. The SMILES string of the molecule is CC(=O)N(C(=O)C(O)CCCCN)C(=O)N(NC(=O)[C@@H]1CCCN1C(=O)[C@H](C)NC(=O)[C@@H]1CCCN1)C(C)C. The van der Waals surface area contributed by atoms with E-state index in [0.29, 0.717) is 50.1 Å². The summed E-state index contributed by atoms with van der Waals surface area (Å²) in [5.41, 5.74) is 7.89. The summed E-state index contributed by atoms with van der Waals surface area (Å²) < 4.78 is 0. The van der Waals surface area contributed by atoms with Gasteiger partial charge in [-0.05, 0) is 78.8 Å². The molecule has 0 radical (unpaired) electrons. The number of carbonyl (C=O) groups excluding carboxylic acids is 6. The lowest BCUT2D eigenvalue weighted by atomic mass is 10.1. The minimum atomic E-state index is -1.59. The molecule has 1 unspecified atom stereocenters. The van der Waals surface area contributed by atoms with E-state index in [1.165, 1.54) is 4.90 Å². The van der Waals surface area contributed by atoms with Crippen molar-refractivity contribution in [2.24, 2.45) is 5.73 Å². The van der Waals surface area contributed by atoms with Crippen LogP contribution in [0.15, 0.2) is 0 Å². The normalized spacial score (nSPS) is 20.3. The maximum absolute atomic E-state index is 13.3. The highest BCUT2D eigenvalue weighted by molar-refractivity contribution is 6.11. The molecule has 7 amide bonds. The Kier molecular flexibility index (Phi) is 12.3. The zero-order valence-electron chi connectivity index (χ0n) is 23.3. The molecule has 0 aromatic heterocycles. The first-order chi connectivity index (χ1) is 18.4. The third-order valence-corrected chi connectivity index (χ3v) is 6.84. The zero-order valence-corrected chi connectivity index (χ0v) is 23.3. The van der Waals surface area contributed by atoms with Crippen LogP contribution >= 0.6 is 0 Å². The van der Waals surface area contributed by atoms with Gasteiger partial charge in [-0.2, -0.15) is 4.90 Å². The minimum Gasteiger partial charge on any atom is -0.383 e. The van der Waals surface area contributed by atoms with E-state index >= 15 is 0 Å². The number of likely N-dealkylation sites (tertiary alicyclic amines) is 1. The highest BCUT2D eigenvalue weighted by Gasteiger charge is 2.40. The van der Waals surface area contributed by atoms with Gasteiger partial charge in [0, 0.05) is 19.5 Å². The van der Waals surface area contributed by atoms with Gasteiger partial charge < -0.3 is 26.4 Å². The summed E-state index contributed by atoms with van der Waals surface area (Å²) in [7, 11) is 0. The number of carbonyl (C=O) groups is 6. The molecule has 0 bridgehead atoms. The van der Waals surface area contributed by atoms with Gasteiger partial charge in [-0.25, -0.2) is 9.80 Å². The number of hydrogen-bond donors (Lipinski definition) is 5. The number of nitrogens with one attached hydrogen (secondary N) is 3. The molecule has 39 heavy (non-hydrogen) atoms. The van der Waals surface area contributed by atoms with Crippen molar-refractivity contribution in [1.29, 1.82) is 0 Å². The predicted molar refractivity (Wildman–Crippen MR) is 140 cm³/mol. The second-order valence-electron chi connectivity index (χ2n) is 10.3. The van der Waals surface area contributed by atoms with Crippen LogP contribution in [-0.2, 0) is 24.0 Å². The molecule has 0 aliphatic carbocycles. The summed E-state index contributed by atoms with van der Waals surface area (Å²) in [4.78, 5) is 78.8. The van der Waals surface area contributed by atoms with E-state index in [-0.39, 0.29) is 18.4 Å². The molecule has 0 spiro atoms. The number of nitrogens with two attached hydrogens (primary N) is 1. The Morgan fingerprint density at radius 3 is 2.31 bits per heavy atom. The second-order valence-corrected chi connectivity index (χ2v) is 10.3. The number of nitrogens with zero attached hydrogens (tertiary/aromatic N) is 3. The third-order valence-electron chi connectivity index (χ3n) is 6.84. The Hall–Kier alpha value is -3.10. The van der Waals surface area contributed by atoms with Crippen LogP contribution in [-0.4, -0.2) is 105 Å². The largest absolute Gasteiger partial charge is 0.383 e. The van der Waals surface area contributed by atoms with Crippen LogP contribution in [0.2, 0.25) is 0 Å². The minimum absolute atomic E-state index is 0.0197. The number of aliphatic hydroxyl groups excluding tert-OH is 1. The summed E-state index contributed by atoms with van der Waals surface area (Å²) >= 11 is 0. The van der Waals surface area contributed by atoms with Gasteiger partial charge in [0.1, 0.15) is 18.2 Å². The fraction of sp³-hybridized carbons (Fsp3) is 0.760. The number of imide groups is 3. The molecule has 6 N–H and O–H groups in total. The van der Waals surface area contributed by atoms with Crippen molar-refractivity contribution in [2.75, 3.05) is 19.6 Å². The number of unbranched alkanes of at least 4 members (excludes halogenated alkanes) is 1. The quantitative estimate of drug-likeness (QED) is 0.166. The van der Waals surface area contributed by atoms with Crippen molar-refractivity contribution >= 4 is 35.6 Å². The molecular weight excluding hydrogens is 510 g/mol. The molecule has 2 aliphatic rings. The summed E-state index contributed by atoms with van der Waals surface area (Å²) in [6, 6.07) is -3.92. The molecule has 2 heterocycles. The lowest BCUT2D eigenvalue weighted by molar-refractivity contribution is -0.148. The standard InChI is InChI=1S/C25H43N7O7/c1-15(2)32(25(39)31(17(4)33)24(38)20(34)11-5-6-12-26)29-22(36)19-10-8-14-30(19)23(37)16(3)28-21(35)18-9-7-13-27-18/h15-16,18-20,27,34H,5-14,26H2,1-4H3,(H,28,35)(H,29,36)/t16-,18-,19-,20?/m0/s1. The average molecular weight is 554 g/mol. The Balaban J connectivity index is 2.10. The van der Waals surface area contributed by atoms with Crippen LogP contribution in [0.1, 0.15) is 72.6 Å². The second kappa shape index (κ2) is 14.9. The van der Waals surface area contributed by atoms with E-state index in [2.05, 4.69) is 16.1 Å². The van der Waals surface area contributed by atoms with Gasteiger partial charge >= 0.3 is 6.03 Å². The fourth-order valence-electron chi connectivity index (χ4n) is 4.67. The average Bonchev–Trinajstić information content (AvgIpc) is 3.59. The first kappa shape index (κ1) is 32.1. The number of hydrogen-bond acceptors (Lipinski definition) is 9. The number of hydrazine groups is 1. The highest BCUT2D eigenvalue weighted by atomic mass is 16.3. The first-order valence-electron chi connectivity index (χ1n) is 13.6. The van der Waals surface area contributed by atoms with Gasteiger partial charge in [-0.3, -0.25) is 29.4 Å². The van der Waals surface area contributed by atoms with Crippen LogP contribution in [0.4, 0.5) is 4.79 Å². The zero-order chi connectivity index (χ0) is 29.3. The molecule has 0 aromatic rings. The molecule has 14 nitrogen and oxygen atoms in total. The van der Waals surface area contributed by atoms with Gasteiger partial charge in [-0.1, -0.05) is 0 Å². The molecule has 0 saturated carbocycles. The number of urea groups is 1. The van der Waals surface area contributed by atoms with Gasteiger partial charge in [0.15, 0.2) is 0 Å². The number of amides is 7. The van der Waals surface area contributed by atoms with Crippen LogP contribution in [0.5, 0.6) is 0 Å². The molecule has 2 saturated heterocycles. The maximum Gasteiger partial charge on any atom is 0.352 e. The van der Waals surface area contributed by atoms with Gasteiger partial charge in [-0.15, -0.1) is 0 Å². The molecule has 0 aromatic carbocycles. The lowest BCUT2D eigenvalue weighted by Crippen LogP contribution is -2.61. The topological polar surface area (TPSA) is 194 Å². The predicted octanol–water partition coefficient (Wildman–Crippen LogP) is -1.04. The van der Waals surface area contributed by atoms with E-state index in [1.807, 2.05) is 0 Å². The maximum atomic E-state index is 13.3. The third kappa shape index (κ3) is 8.44. The van der Waals surface area contributed by atoms with Gasteiger partial charge in [0.05, 0.1) is 6.04 Å². The van der Waals surface area contributed by atoms with Crippen molar-refractivity contribution in [2.45, 2.75) is 103 Å². The van der Waals surface area contributed by atoms with E-state index in [1.54, 1.807) is 20.8 Å². The van der Waals surface area contributed by atoms with Crippen LogP contribution in [0, 0.1) is 0 Å². The monoisotopic (exact) mass is 553 g/mol. The van der Waals surface area contributed by atoms with E-state index < -0.39 is 53.9 Å². The molecule has 2 fully saturated rings. The van der Waals surface area contributed by atoms with E-state index in [0.717, 1.165) is 24.9 Å². The van der Waals surface area contributed by atoms with E-state index in [9.17, 15) is 33.9 Å². The van der Waals surface area contributed by atoms with E-state index in [4.69, 9.17) is 5.73 Å². The molecule has 220 valence electrons. The Labute approximate surface area is 228 Å². The van der Waals surface area contributed by atoms with Crippen LogP contribution in [0.3, 0.4) is 0 Å². The van der Waals surface area contributed by atoms with Gasteiger partial charge in [0.25, 0.3) is 11.8 Å². The van der Waals surface area contributed by atoms with Crippen molar-refractivity contribution in [3.8, 4) is 0 Å². The Morgan fingerprint density at radius 2 is 1.74 bits per heavy atom. The smallest absolute Gasteiger partial charge is 0.352 e. The summed E-state index contributed by atoms with van der Waals surface area (Å²) in [5.74, 6) is -3.38. The van der Waals surface area contributed by atoms with Crippen molar-refractivity contribution in [1.82, 2.24) is 30.9 Å². The van der Waals surface area contributed by atoms with Crippen molar-refractivity contribution < 1.29 is 33.9 Å². The fourth-order valence-corrected chi connectivity index (χ4v) is 4.67. The molecule has 4 atom stereocenters. The van der Waals surface area contributed by atoms with Crippen molar-refractivity contribution in [3.63, 3.8) is 0 Å². The first-order valence-corrected chi connectivity index (χ1v) is 13.6. The summed E-state index contributed by atoms with van der Waals surface area (Å²) in [5, 5.41) is 16.9. The summed E-state index contributed by atoms with van der Waals surface area (Å²) in [6.07, 6.45) is 1.85. The molecule has 2 aliphatic heterocycles. The molecule has 14 heteroatoms.